The Balaban J connectivity index is 2.32. The van der Waals surface area contributed by atoms with Gasteiger partial charge < -0.3 is 15.8 Å². The molecule has 6 heteroatoms. The number of halogens is 3. The minimum Gasteiger partial charge on any atom is -0.488 e. The molecule has 112 valence electrons. The van der Waals surface area contributed by atoms with Crippen LogP contribution in [0.1, 0.15) is 13.8 Å². The Hall–Kier alpha value is -1.65. The van der Waals surface area contributed by atoms with Crippen molar-refractivity contribution in [2.45, 2.75) is 20.0 Å². The van der Waals surface area contributed by atoms with E-state index in [1.807, 2.05) is 13.8 Å². The van der Waals surface area contributed by atoms with Crippen LogP contribution in [0.25, 0.3) is 0 Å². The number of rotatable bonds is 4. The zero-order valence-corrected chi connectivity index (χ0v) is 13.1. The number of nitrogen functional groups attached to an aromatic ring is 1. The molecular weight excluding hydrogens is 314 g/mol. The molecule has 3 N–H and O–H groups in total. The van der Waals surface area contributed by atoms with Gasteiger partial charge in [0.1, 0.15) is 0 Å². The Morgan fingerprint density at radius 1 is 1.14 bits per heavy atom. The lowest BCUT2D eigenvalue weighted by Gasteiger charge is -2.15. The molecule has 0 atom stereocenters. The molecule has 2 aromatic rings. The summed E-state index contributed by atoms with van der Waals surface area (Å²) < 4.78 is 19.2. The number of nitrogens with one attached hydrogen (secondary N) is 1. The Kier molecular flexibility index (Phi) is 4.80. The van der Waals surface area contributed by atoms with Crippen LogP contribution in [0, 0.1) is 5.82 Å². The number of anilines is 3. The minimum atomic E-state index is -0.499. The van der Waals surface area contributed by atoms with Crippen LogP contribution in [0.5, 0.6) is 5.75 Å². The van der Waals surface area contributed by atoms with E-state index < -0.39 is 5.82 Å². The summed E-state index contributed by atoms with van der Waals surface area (Å²) >= 11 is 11.8. The van der Waals surface area contributed by atoms with Crippen LogP contribution < -0.4 is 15.8 Å². The molecule has 21 heavy (non-hydrogen) atoms. The molecule has 0 aliphatic heterocycles. The van der Waals surface area contributed by atoms with Crippen molar-refractivity contribution in [1.82, 2.24) is 0 Å². The molecule has 0 amide bonds. The zero-order valence-electron chi connectivity index (χ0n) is 11.6. The maximum absolute atomic E-state index is 13.8. The second-order valence-corrected chi connectivity index (χ2v) is 5.60. The molecule has 0 aliphatic carbocycles. The topological polar surface area (TPSA) is 47.3 Å². The second kappa shape index (κ2) is 6.41. The molecule has 0 aliphatic rings. The van der Waals surface area contributed by atoms with E-state index in [-0.39, 0.29) is 17.5 Å². The highest BCUT2D eigenvalue weighted by Crippen LogP contribution is 2.33. The van der Waals surface area contributed by atoms with Crippen LogP contribution in [0.15, 0.2) is 30.3 Å². The first-order valence-electron chi connectivity index (χ1n) is 6.34. The minimum absolute atomic E-state index is 0.138. The largest absolute Gasteiger partial charge is 0.488 e. The van der Waals surface area contributed by atoms with Crippen molar-refractivity contribution in [3.8, 4) is 5.75 Å². The first-order valence-corrected chi connectivity index (χ1v) is 7.10. The van der Waals surface area contributed by atoms with Crippen molar-refractivity contribution in [3.05, 3.63) is 46.2 Å². The molecular formula is C15H15Cl2FN2O. The molecule has 2 aromatic carbocycles. The van der Waals surface area contributed by atoms with Gasteiger partial charge in [0.25, 0.3) is 0 Å². The average molecular weight is 329 g/mol. The molecule has 0 aromatic heterocycles. The summed E-state index contributed by atoms with van der Waals surface area (Å²) in [5.41, 5.74) is 7.32. The highest BCUT2D eigenvalue weighted by molar-refractivity contribution is 6.42. The third kappa shape index (κ3) is 3.93. The number of hydrogen-bond acceptors (Lipinski definition) is 3. The summed E-state index contributed by atoms with van der Waals surface area (Å²) in [6, 6.07) is 7.82. The van der Waals surface area contributed by atoms with Gasteiger partial charge in [-0.15, -0.1) is 0 Å². The first-order chi connectivity index (χ1) is 9.86. The lowest BCUT2D eigenvalue weighted by molar-refractivity contribution is 0.231. The Labute approximate surface area is 132 Å². The van der Waals surface area contributed by atoms with Crippen LogP contribution in [-0.4, -0.2) is 6.10 Å². The average Bonchev–Trinajstić information content (AvgIpc) is 2.39. The molecule has 0 heterocycles. The predicted molar refractivity (Wildman–Crippen MR) is 86.3 cm³/mol. The van der Waals surface area contributed by atoms with Crippen molar-refractivity contribution in [1.29, 1.82) is 0 Å². The van der Waals surface area contributed by atoms with E-state index in [1.54, 1.807) is 18.2 Å². The van der Waals surface area contributed by atoms with Crippen LogP contribution in [0.2, 0.25) is 10.0 Å². The van der Waals surface area contributed by atoms with E-state index in [4.69, 9.17) is 33.7 Å². The molecule has 0 unspecified atom stereocenters. The summed E-state index contributed by atoms with van der Waals surface area (Å²) in [6.07, 6.45) is -0.138. The fourth-order valence-corrected chi connectivity index (χ4v) is 2.05. The summed E-state index contributed by atoms with van der Waals surface area (Å²) in [5.74, 6) is -0.359. The molecule has 2 rings (SSSR count). The summed E-state index contributed by atoms with van der Waals surface area (Å²) in [4.78, 5) is 0. The fraction of sp³-hybridized carbons (Fsp3) is 0.200. The fourth-order valence-electron chi connectivity index (χ4n) is 1.75. The van der Waals surface area contributed by atoms with Crippen molar-refractivity contribution in [2.24, 2.45) is 0 Å². The normalized spacial score (nSPS) is 10.8. The SMILES string of the molecule is CC(C)Oc1cc(Nc2ccc(Cl)c(Cl)c2)c(N)cc1F. The van der Waals surface area contributed by atoms with Gasteiger partial charge in [-0.2, -0.15) is 0 Å². The Morgan fingerprint density at radius 3 is 2.48 bits per heavy atom. The van der Waals surface area contributed by atoms with E-state index in [0.29, 0.717) is 21.4 Å². The Morgan fingerprint density at radius 2 is 1.86 bits per heavy atom. The smallest absolute Gasteiger partial charge is 0.167 e. The standard InChI is InChI=1S/C15H15Cl2FN2O/c1-8(2)21-15-7-14(13(19)6-12(15)18)20-9-3-4-10(16)11(17)5-9/h3-8,20H,19H2,1-2H3. The van der Waals surface area contributed by atoms with Crippen LogP contribution >= 0.6 is 23.2 Å². The predicted octanol–water partition coefficient (Wildman–Crippen LogP) is 5.25. The number of ether oxygens (including phenoxy) is 1. The summed E-state index contributed by atoms with van der Waals surface area (Å²) in [7, 11) is 0. The highest BCUT2D eigenvalue weighted by atomic mass is 35.5. The lowest BCUT2D eigenvalue weighted by atomic mass is 10.2. The highest BCUT2D eigenvalue weighted by Gasteiger charge is 2.11. The van der Waals surface area contributed by atoms with Gasteiger partial charge in [0.2, 0.25) is 0 Å². The van der Waals surface area contributed by atoms with Gasteiger partial charge in [0.15, 0.2) is 11.6 Å². The second-order valence-electron chi connectivity index (χ2n) is 4.79. The molecule has 0 radical (unpaired) electrons. The molecule has 0 spiro atoms. The third-order valence-corrected chi connectivity index (χ3v) is 3.40. The van der Waals surface area contributed by atoms with Crippen LogP contribution in [-0.2, 0) is 0 Å². The van der Waals surface area contributed by atoms with Crippen molar-refractivity contribution >= 4 is 40.3 Å². The van der Waals surface area contributed by atoms with Gasteiger partial charge in [-0.3, -0.25) is 0 Å². The van der Waals surface area contributed by atoms with Gasteiger partial charge in [-0.05, 0) is 32.0 Å². The summed E-state index contributed by atoms with van der Waals surface area (Å²) in [5, 5.41) is 3.94. The lowest BCUT2D eigenvalue weighted by Crippen LogP contribution is -2.08. The number of hydrogen-bond donors (Lipinski definition) is 2. The van der Waals surface area contributed by atoms with Gasteiger partial charge in [-0.1, -0.05) is 23.2 Å². The van der Waals surface area contributed by atoms with E-state index in [9.17, 15) is 4.39 Å². The van der Waals surface area contributed by atoms with Gasteiger partial charge in [0.05, 0.1) is 27.5 Å². The first kappa shape index (κ1) is 15.7. The van der Waals surface area contributed by atoms with Crippen molar-refractivity contribution in [3.63, 3.8) is 0 Å². The van der Waals surface area contributed by atoms with E-state index in [2.05, 4.69) is 5.32 Å². The number of benzene rings is 2. The molecule has 3 nitrogen and oxygen atoms in total. The monoisotopic (exact) mass is 328 g/mol. The van der Waals surface area contributed by atoms with Crippen molar-refractivity contribution < 1.29 is 9.13 Å². The van der Waals surface area contributed by atoms with Gasteiger partial charge in [0, 0.05) is 17.8 Å². The molecule has 0 saturated carbocycles. The maximum atomic E-state index is 13.8. The maximum Gasteiger partial charge on any atom is 0.167 e. The van der Waals surface area contributed by atoms with Crippen LogP contribution in [0.3, 0.4) is 0 Å². The quantitative estimate of drug-likeness (QED) is 0.754. The number of nitrogens with two attached hydrogens (primary N) is 1. The molecule has 0 bridgehead atoms. The third-order valence-electron chi connectivity index (χ3n) is 2.67. The molecule has 0 saturated heterocycles. The van der Waals surface area contributed by atoms with E-state index in [1.165, 1.54) is 12.1 Å². The van der Waals surface area contributed by atoms with Gasteiger partial charge >= 0.3 is 0 Å². The van der Waals surface area contributed by atoms with E-state index >= 15 is 0 Å². The van der Waals surface area contributed by atoms with Crippen molar-refractivity contribution in [2.75, 3.05) is 11.1 Å². The Bertz CT molecular complexity index is 662. The molecule has 0 fully saturated rings. The zero-order chi connectivity index (χ0) is 15.6. The van der Waals surface area contributed by atoms with E-state index in [0.717, 1.165) is 0 Å². The van der Waals surface area contributed by atoms with Crippen LogP contribution in [0.4, 0.5) is 21.5 Å². The summed E-state index contributed by atoms with van der Waals surface area (Å²) in [6.45, 7) is 3.64. The van der Waals surface area contributed by atoms with Gasteiger partial charge in [-0.25, -0.2) is 4.39 Å².